The van der Waals surface area contributed by atoms with Gasteiger partial charge in [0.1, 0.15) is 5.82 Å². The van der Waals surface area contributed by atoms with Crippen molar-refractivity contribution in [1.82, 2.24) is 0 Å². The number of carbonyl (C=O) groups excluding carboxylic acids is 1. The molecule has 1 rings (SSSR count). The summed E-state index contributed by atoms with van der Waals surface area (Å²) in [7, 11) is 0. The number of ketones is 1. The zero-order valence-corrected chi connectivity index (χ0v) is 9.86. The minimum atomic E-state index is -4.72. The maximum absolute atomic E-state index is 13.0. The van der Waals surface area contributed by atoms with Crippen LogP contribution in [0.15, 0.2) is 18.2 Å². The van der Waals surface area contributed by atoms with E-state index in [0.717, 1.165) is 6.07 Å². The molecule has 0 saturated heterocycles. The van der Waals surface area contributed by atoms with Gasteiger partial charge in [-0.1, -0.05) is 26.8 Å². The van der Waals surface area contributed by atoms with Crippen LogP contribution < -0.4 is 0 Å². The number of alkyl halides is 3. The predicted octanol–water partition coefficient (Wildman–Crippen LogP) is 4.46. The number of rotatable bonds is 2. The molecule has 0 unspecified atom stereocenters. The molecule has 0 fully saturated rings. The summed E-state index contributed by atoms with van der Waals surface area (Å²) in [6.07, 6.45) is -4.59. The van der Waals surface area contributed by atoms with Crippen LogP contribution in [0.3, 0.4) is 0 Å². The summed E-state index contributed by atoms with van der Waals surface area (Å²) in [5, 5.41) is 0. The summed E-state index contributed by atoms with van der Waals surface area (Å²) in [4.78, 5) is 11.1. The SMILES string of the molecule is CC.CCC(=O)c1ccc(C(F)(F)F)c(F)c1. The minimum absolute atomic E-state index is 0.0389. The van der Waals surface area contributed by atoms with Gasteiger partial charge >= 0.3 is 6.18 Å². The zero-order valence-electron chi connectivity index (χ0n) is 9.86. The van der Waals surface area contributed by atoms with E-state index in [9.17, 15) is 22.4 Å². The molecule has 0 aromatic heterocycles. The summed E-state index contributed by atoms with van der Waals surface area (Å²) < 4.78 is 49.4. The summed E-state index contributed by atoms with van der Waals surface area (Å²) >= 11 is 0. The molecule has 17 heavy (non-hydrogen) atoms. The van der Waals surface area contributed by atoms with Crippen LogP contribution in [0.25, 0.3) is 0 Å². The molecular formula is C12H14F4O. The van der Waals surface area contributed by atoms with Crippen molar-refractivity contribution in [2.24, 2.45) is 0 Å². The highest BCUT2D eigenvalue weighted by molar-refractivity contribution is 5.95. The number of benzene rings is 1. The Morgan fingerprint density at radius 3 is 2.12 bits per heavy atom. The van der Waals surface area contributed by atoms with Crippen molar-refractivity contribution in [1.29, 1.82) is 0 Å². The van der Waals surface area contributed by atoms with Crippen LogP contribution in [-0.4, -0.2) is 5.78 Å². The van der Waals surface area contributed by atoms with E-state index in [1.165, 1.54) is 0 Å². The molecule has 0 atom stereocenters. The molecule has 0 saturated carbocycles. The van der Waals surface area contributed by atoms with Gasteiger partial charge in [-0.2, -0.15) is 13.2 Å². The molecule has 0 amide bonds. The first-order valence-electron chi connectivity index (χ1n) is 5.26. The van der Waals surface area contributed by atoms with Gasteiger partial charge in [-0.05, 0) is 12.1 Å². The van der Waals surface area contributed by atoms with Crippen molar-refractivity contribution < 1.29 is 22.4 Å². The van der Waals surface area contributed by atoms with Crippen LogP contribution in [-0.2, 0) is 6.18 Å². The zero-order chi connectivity index (χ0) is 13.6. The lowest BCUT2D eigenvalue weighted by atomic mass is 10.1. The monoisotopic (exact) mass is 250 g/mol. The number of Topliss-reactive ketones (excluding diaryl/α,β-unsaturated/α-hetero) is 1. The molecule has 1 nitrogen and oxygen atoms in total. The van der Waals surface area contributed by atoms with Crippen LogP contribution in [0.2, 0.25) is 0 Å². The van der Waals surface area contributed by atoms with Gasteiger partial charge < -0.3 is 0 Å². The standard InChI is InChI=1S/C10H8F4O.C2H6/c1-2-9(15)6-3-4-7(8(11)5-6)10(12,13)14;1-2/h3-5H,2H2,1H3;1-2H3. The molecule has 5 heteroatoms. The number of hydrogen-bond acceptors (Lipinski definition) is 1. The quantitative estimate of drug-likeness (QED) is 0.559. The third-order valence-electron chi connectivity index (χ3n) is 1.92. The van der Waals surface area contributed by atoms with Gasteiger partial charge in [0.2, 0.25) is 0 Å². The Morgan fingerprint density at radius 1 is 1.24 bits per heavy atom. The van der Waals surface area contributed by atoms with E-state index in [4.69, 9.17) is 0 Å². The lowest BCUT2D eigenvalue weighted by Gasteiger charge is -2.08. The Balaban J connectivity index is 0.00000121. The molecule has 0 aliphatic carbocycles. The first-order valence-corrected chi connectivity index (χ1v) is 5.26. The fourth-order valence-electron chi connectivity index (χ4n) is 1.12. The molecule has 0 heterocycles. The van der Waals surface area contributed by atoms with E-state index in [0.29, 0.717) is 12.1 Å². The van der Waals surface area contributed by atoms with Crippen molar-refractivity contribution in [3.05, 3.63) is 35.1 Å². The fourth-order valence-corrected chi connectivity index (χ4v) is 1.12. The molecule has 96 valence electrons. The Hall–Kier alpha value is -1.39. The molecule has 0 aliphatic heterocycles. The van der Waals surface area contributed by atoms with Gasteiger partial charge in [-0.3, -0.25) is 4.79 Å². The third kappa shape index (κ3) is 4.17. The van der Waals surface area contributed by atoms with E-state index in [1.807, 2.05) is 13.8 Å². The Labute approximate surface area is 97.5 Å². The van der Waals surface area contributed by atoms with Gasteiger partial charge in [0, 0.05) is 12.0 Å². The fraction of sp³-hybridized carbons (Fsp3) is 0.417. The highest BCUT2D eigenvalue weighted by Gasteiger charge is 2.34. The van der Waals surface area contributed by atoms with Crippen molar-refractivity contribution in [2.45, 2.75) is 33.4 Å². The Kier molecular flexibility index (Phi) is 5.85. The van der Waals surface area contributed by atoms with Crippen molar-refractivity contribution >= 4 is 5.78 Å². The van der Waals surface area contributed by atoms with Gasteiger partial charge in [0.25, 0.3) is 0 Å². The maximum Gasteiger partial charge on any atom is 0.419 e. The number of carbonyl (C=O) groups is 1. The average molecular weight is 250 g/mol. The molecule has 1 aromatic carbocycles. The molecular weight excluding hydrogens is 236 g/mol. The molecule has 0 N–H and O–H groups in total. The van der Waals surface area contributed by atoms with Gasteiger partial charge in [0.05, 0.1) is 5.56 Å². The third-order valence-corrected chi connectivity index (χ3v) is 1.92. The van der Waals surface area contributed by atoms with Crippen LogP contribution in [0.4, 0.5) is 17.6 Å². The highest BCUT2D eigenvalue weighted by atomic mass is 19.4. The van der Waals surface area contributed by atoms with Crippen LogP contribution in [0.5, 0.6) is 0 Å². The van der Waals surface area contributed by atoms with Crippen LogP contribution in [0, 0.1) is 5.82 Å². The smallest absolute Gasteiger partial charge is 0.294 e. The van der Waals surface area contributed by atoms with E-state index in [-0.39, 0.29) is 17.8 Å². The van der Waals surface area contributed by atoms with E-state index < -0.39 is 17.6 Å². The lowest BCUT2D eigenvalue weighted by Crippen LogP contribution is -2.09. The van der Waals surface area contributed by atoms with E-state index in [1.54, 1.807) is 6.92 Å². The number of hydrogen-bond donors (Lipinski definition) is 0. The second kappa shape index (κ2) is 6.37. The largest absolute Gasteiger partial charge is 0.419 e. The van der Waals surface area contributed by atoms with E-state index >= 15 is 0 Å². The second-order valence-electron chi connectivity index (χ2n) is 2.97. The number of halogens is 4. The topological polar surface area (TPSA) is 17.1 Å². The van der Waals surface area contributed by atoms with Gasteiger partial charge in [0.15, 0.2) is 5.78 Å². The second-order valence-corrected chi connectivity index (χ2v) is 2.97. The normalized spacial score (nSPS) is 10.5. The molecule has 0 radical (unpaired) electrons. The minimum Gasteiger partial charge on any atom is -0.294 e. The molecule has 0 aliphatic rings. The first-order chi connectivity index (χ1) is 7.86. The molecule has 1 aromatic rings. The van der Waals surface area contributed by atoms with Crippen LogP contribution >= 0.6 is 0 Å². The average Bonchev–Trinajstić information content (AvgIpc) is 2.28. The first kappa shape index (κ1) is 15.6. The molecule has 0 spiro atoms. The molecule has 0 bridgehead atoms. The highest BCUT2D eigenvalue weighted by Crippen LogP contribution is 2.31. The summed E-state index contributed by atoms with van der Waals surface area (Å²) in [5.41, 5.74) is -1.39. The summed E-state index contributed by atoms with van der Waals surface area (Å²) in [6, 6.07) is 2.19. The van der Waals surface area contributed by atoms with Crippen LogP contribution in [0.1, 0.15) is 43.1 Å². The van der Waals surface area contributed by atoms with Gasteiger partial charge in [-0.15, -0.1) is 0 Å². The Bertz CT molecular complexity index is 383. The van der Waals surface area contributed by atoms with Crippen molar-refractivity contribution in [3.8, 4) is 0 Å². The maximum atomic E-state index is 13.0. The summed E-state index contributed by atoms with van der Waals surface area (Å²) in [5.74, 6) is -1.80. The summed E-state index contributed by atoms with van der Waals surface area (Å²) in [6.45, 7) is 5.55. The lowest BCUT2D eigenvalue weighted by molar-refractivity contribution is -0.140. The van der Waals surface area contributed by atoms with Crippen molar-refractivity contribution in [3.63, 3.8) is 0 Å². The van der Waals surface area contributed by atoms with E-state index in [2.05, 4.69) is 0 Å². The van der Waals surface area contributed by atoms with Gasteiger partial charge in [-0.25, -0.2) is 4.39 Å². The van der Waals surface area contributed by atoms with Crippen molar-refractivity contribution in [2.75, 3.05) is 0 Å². The predicted molar refractivity (Wildman–Crippen MR) is 57.4 cm³/mol. The Morgan fingerprint density at radius 2 is 1.76 bits per heavy atom.